The highest BCUT2D eigenvalue weighted by atomic mass is 16.2. The van der Waals surface area contributed by atoms with Gasteiger partial charge in [0.15, 0.2) is 0 Å². The zero-order valence-electron chi connectivity index (χ0n) is 14.7. The molecule has 25 heavy (non-hydrogen) atoms. The second kappa shape index (κ2) is 7.51. The first kappa shape index (κ1) is 17.2. The van der Waals surface area contributed by atoms with E-state index in [0.717, 1.165) is 17.7 Å². The van der Waals surface area contributed by atoms with Crippen LogP contribution in [0.4, 0.5) is 5.69 Å². The van der Waals surface area contributed by atoms with Crippen molar-refractivity contribution in [3.05, 3.63) is 65.7 Å². The molecule has 1 heterocycles. The van der Waals surface area contributed by atoms with E-state index in [1.807, 2.05) is 61.5 Å². The van der Waals surface area contributed by atoms with Gasteiger partial charge >= 0.3 is 0 Å². The fourth-order valence-corrected chi connectivity index (χ4v) is 3.20. The lowest BCUT2D eigenvalue weighted by Crippen LogP contribution is -2.34. The molecule has 1 saturated heterocycles. The van der Waals surface area contributed by atoms with Gasteiger partial charge in [0.25, 0.3) is 0 Å². The molecule has 4 heteroatoms. The number of carbonyl (C=O) groups is 2. The van der Waals surface area contributed by atoms with Crippen LogP contribution in [-0.4, -0.2) is 18.4 Å². The molecule has 2 atom stereocenters. The molecular formula is C21H24N2O2. The van der Waals surface area contributed by atoms with Gasteiger partial charge in [-0.05, 0) is 36.6 Å². The number of rotatable bonds is 5. The first-order valence-corrected chi connectivity index (χ1v) is 8.83. The number of carbonyl (C=O) groups excluding carboxylic acids is 2. The fraction of sp³-hybridized carbons (Fsp3) is 0.333. The Labute approximate surface area is 148 Å². The van der Waals surface area contributed by atoms with E-state index < -0.39 is 0 Å². The molecule has 4 nitrogen and oxygen atoms in total. The minimum absolute atomic E-state index is 0.0109. The number of aryl methyl sites for hydroxylation is 1. The van der Waals surface area contributed by atoms with Gasteiger partial charge < -0.3 is 10.2 Å². The highest BCUT2D eigenvalue weighted by Crippen LogP contribution is 2.26. The number of nitrogens with zero attached hydrogens (tertiary/aromatic N) is 1. The van der Waals surface area contributed by atoms with Crippen molar-refractivity contribution in [3.63, 3.8) is 0 Å². The zero-order chi connectivity index (χ0) is 17.8. The van der Waals surface area contributed by atoms with E-state index in [1.54, 1.807) is 4.90 Å². The van der Waals surface area contributed by atoms with Gasteiger partial charge in [-0.2, -0.15) is 0 Å². The molecule has 0 aromatic heterocycles. The van der Waals surface area contributed by atoms with Crippen molar-refractivity contribution in [3.8, 4) is 0 Å². The summed E-state index contributed by atoms with van der Waals surface area (Å²) in [6, 6.07) is 17.8. The van der Waals surface area contributed by atoms with Crippen LogP contribution in [0.2, 0.25) is 0 Å². The first-order valence-electron chi connectivity index (χ1n) is 8.83. The van der Waals surface area contributed by atoms with Crippen LogP contribution in [0, 0.1) is 5.92 Å². The molecule has 0 radical (unpaired) electrons. The summed E-state index contributed by atoms with van der Waals surface area (Å²) in [6.07, 6.45) is 1.24. The number of anilines is 1. The van der Waals surface area contributed by atoms with Gasteiger partial charge in [0, 0.05) is 18.7 Å². The summed E-state index contributed by atoms with van der Waals surface area (Å²) in [4.78, 5) is 26.6. The standard InChI is InChI=1S/C21H24N2O2/c1-3-16-9-11-19(12-10-16)23-14-18(13-20(23)24)21(25)22-15(2)17-7-5-4-6-8-17/h4-12,15,18H,3,13-14H2,1-2H3,(H,22,25). The van der Waals surface area contributed by atoms with E-state index in [4.69, 9.17) is 0 Å². The summed E-state index contributed by atoms with van der Waals surface area (Å²) in [5, 5.41) is 3.03. The molecule has 0 bridgehead atoms. The molecule has 1 N–H and O–H groups in total. The summed E-state index contributed by atoms with van der Waals surface area (Å²) < 4.78 is 0. The Kier molecular flexibility index (Phi) is 5.17. The average Bonchev–Trinajstić information content (AvgIpc) is 3.04. The third-order valence-electron chi connectivity index (χ3n) is 4.81. The van der Waals surface area contributed by atoms with Crippen LogP contribution >= 0.6 is 0 Å². The summed E-state index contributed by atoms with van der Waals surface area (Å²) in [6.45, 7) is 4.51. The summed E-state index contributed by atoms with van der Waals surface area (Å²) in [5.74, 6) is -0.348. The molecule has 0 saturated carbocycles. The SMILES string of the molecule is CCc1ccc(N2CC(C(=O)NC(C)c3ccccc3)CC2=O)cc1. The maximum absolute atomic E-state index is 12.6. The first-order chi connectivity index (χ1) is 12.1. The number of amides is 2. The number of nitrogens with one attached hydrogen (secondary N) is 1. The maximum Gasteiger partial charge on any atom is 0.227 e. The molecule has 2 amide bonds. The van der Waals surface area contributed by atoms with Crippen LogP contribution in [0.5, 0.6) is 0 Å². The van der Waals surface area contributed by atoms with Crippen LogP contribution < -0.4 is 10.2 Å². The van der Waals surface area contributed by atoms with E-state index in [9.17, 15) is 9.59 Å². The molecule has 1 aliphatic rings. The van der Waals surface area contributed by atoms with Crippen molar-refractivity contribution < 1.29 is 9.59 Å². The van der Waals surface area contributed by atoms with E-state index >= 15 is 0 Å². The van der Waals surface area contributed by atoms with Crippen molar-refractivity contribution in [1.82, 2.24) is 5.32 Å². The van der Waals surface area contributed by atoms with Gasteiger partial charge in [-0.15, -0.1) is 0 Å². The minimum atomic E-state index is -0.301. The van der Waals surface area contributed by atoms with Crippen molar-refractivity contribution in [2.75, 3.05) is 11.4 Å². The molecule has 0 aliphatic carbocycles. The predicted octanol–water partition coefficient (Wildman–Crippen LogP) is 3.48. The van der Waals surface area contributed by atoms with E-state index in [0.29, 0.717) is 6.54 Å². The Bertz CT molecular complexity index is 740. The number of hydrogen-bond acceptors (Lipinski definition) is 2. The normalized spacial score (nSPS) is 18.2. The fourth-order valence-electron chi connectivity index (χ4n) is 3.20. The molecule has 2 unspecified atom stereocenters. The van der Waals surface area contributed by atoms with Crippen molar-refractivity contribution in [1.29, 1.82) is 0 Å². The lowest BCUT2D eigenvalue weighted by atomic mass is 10.1. The van der Waals surface area contributed by atoms with Crippen LogP contribution in [0.25, 0.3) is 0 Å². The van der Waals surface area contributed by atoms with Crippen LogP contribution in [0.1, 0.15) is 37.4 Å². The molecule has 3 rings (SSSR count). The van der Waals surface area contributed by atoms with E-state index in [1.165, 1.54) is 5.56 Å². The van der Waals surface area contributed by atoms with E-state index in [2.05, 4.69) is 12.2 Å². The van der Waals surface area contributed by atoms with Crippen LogP contribution in [0.3, 0.4) is 0 Å². The smallest absolute Gasteiger partial charge is 0.227 e. The second-order valence-corrected chi connectivity index (χ2v) is 6.57. The average molecular weight is 336 g/mol. The van der Waals surface area contributed by atoms with Gasteiger partial charge in [-0.3, -0.25) is 9.59 Å². The largest absolute Gasteiger partial charge is 0.349 e. The van der Waals surface area contributed by atoms with Crippen molar-refractivity contribution in [2.24, 2.45) is 5.92 Å². The second-order valence-electron chi connectivity index (χ2n) is 6.57. The highest BCUT2D eigenvalue weighted by Gasteiger charge is 2.35. The molecular weight excluding hydrogens is 312 g/mol. The Balaban J connectivity index is 1.64. The van der Waals surface area contributed by atoms with Gasteiger partial charge in [0.2, 0.25) is 11.8 Å². The summed E-state index contributed by atoms with van der Waals surface area (Å²) >= 11 is 0. The lowest BCUT2D eigenvalue weighted by molar-refractivity contribution is -0.126. The van der Waals surface area contributed by atoms with Crippen LogP contribution in [-0.2, 0) is 16.0 Å². The van der Waals surface area contributed by atoms with Gasteiger partial charge in [0.05, 0.1) is 12.0 Å². The topological polar surface area (TPSA) is 49.4 Å². The van der Waals surface area contributed by atoms with Crippen molar-refractivity contribution >= 4 is 17.5 Å². The maximum atomic E-state index is 12.6. The number of benzene rings is 2. The summed E-state index contributed by atoms with van der Waals surface area (Å²) in [7, 11) is 0. The lowest BCUT2D eigenvalue weighted by Gasteiger charge is -2.19. The van der Waals surface area contributed by atoms with Crippen LogP contribution in [0.15, 0.2) is 54.6 Å². The molecule has 0 spiro atoms. The predicted molar refractivity (Wildman–Crippen MR) is 99.3 cm³/mol. The molecule has 2 aromatic rings. The van der Waals surface area contributed by atoms with Gasteiger partial charge in [-0.25, -0.2) is 0 Å². The molecule has 130 valence electrons. The quantitative estimate of drug-likeness (QED) is 0.909. The Morgan fingerprint density at radius 2 is 1.84 bits per heavy atom. The number of hydrogen-bond donors (Lipinski definition) is 1. The Morgan fingerprint density at radius 1 is 1.16 bits per heavy atom. The van der Waals surface area contributed by atoms with Crippen molar-refractivity contribution in [2.45, 2.75) is 32.7 Å². The monoisotopic (exact) mass is 336 g/mol. The Hall–Kier alpha value is -2.62. The van der Waals surface area contributed by atoms with Gasteiger partial charge in [0.1, 0.15) is 0 Å². The molecule has 1 fully saturated rings. The molecule has 2 aromatic carbocycles. The molecule has 1 aliphatic heterocycles. The highest BCUT2D eigenvalue weighted by molar-refractivity contribution is 6.00. The third-order valence-corrected chi connectivity index (χ3v) is 4.81. The minimum Gasteiger partial charge on any atom is -0.349 e. The third kappa shape index (κ3) is 3.90. The summed E-state index contributed by atoms with van der Waals surface area (Å²) in [5.41, 5.74) is 3.17. The van der Waals surface area contributed by atoms with Gasteiger partial charge in [-0.1, -0.05) is 49.4 Å². The Morgan fingerprint density at radius 3 is 2.48 bits per heavy atom. The zero-order valence-corrected chi connectivity index (χ0v) is 14.7. The van der Waals surface area contributed by atoms with E-state index in [-0.39, 0.29) is 30.2 Å².